The van der Waals surface area contributed by atoms with E-state index in [0.717, 1.165) is 10.4 Å². The summed E-state index contributed by atoms with van der Waals surface area (Å²) in [6.45, 7) is 0. The number of amides is 1. The van der Waals surface area contributed by atoms with Crippen molar-refractivity contribution in [3.63, 3.8) is 0 Å². The third-order valence-corrected chi connectivity index (χ3v) is 6.75. The molecule has 1 aromatic rings. The fraction of sp³-hybridized carbons (Fsp3) is 0.562. The summed E-state index contributed by atoms with van der Waals surface area (Å²) in [7, 11) is -1.26. The molecule has 5 nitrogen and oxygen atoms in total. The molecule has 2 rings (SSSR count). The van der Waals surface area contributed by atoms with Crippen LogP contribution in [0.1, 0.15) is 36.0 Å². The summed E-state index contributed by atoms with van der Waals surface area (Å²) in [5.74, 6) is -2.35. The third-order valence-electron chi connectivity index (χ3n) is 4.45. The van der Waals surface area contributed by atoms with Crippen molar-refractivity contribution in [3.05, 3.63) is 28.8 Å². The summed E-state index contributed by atoms with van der Waals surface area (Å²) >= 11 is 5.92. The molecule has 146 valence electrons. The van der Waals surface area contributed by atoms with Crippen LogP contribution in [-0.2, 0) is 10.0 Å². The Hall–Kier alpha value is -1.32. The predicted molar refractivity (Wildman–Crippen MR) is 91.6 cm³/mol. The summed E-state index contributed by atoms with van der Waals surface area (Å²) in [5.41, 5.74) is -0.0543. The number of nitrogens with zero attached hydrogens (tertiary/aromatic N) is 1. The van der Waals surface area contributed by atoms with Gasteiger partial charge >= 0.3 is 6.18 Å². The van der Waals surface area contributed by atoms with Gasteiger partial charge in [0.25, 0.3) is 5.91 Å². The summed E-state index contributed by atoms with van der Waals surface area (Å²) in [5, 5.41) is 2.34. The molecule has 1 N–H and O–H groups in total. The van der Waals surface area contributed by atoms with Crippen molar-refractivity contribution in [2.24, 2.45) is 5.92 Å². The Balaban J connectivity index is 2.27. The van der Waals surface area contributed by atoms with E-state index < -0.39 is 34.1 Å². The van der Waals surface area contributed by atoms with Crippen LogP contribution in [0.25, 0.3) is 0 Å². The van der Waals surface area contributed by atoms with Gasteiger partial charge in [-0.15, -0.1) is 0 Å². The molecule has 0 heterocycles. The van der Waals surface area contributed by atoms with Gasteiger partial charge in [0.2, 0.25) is 10.0 Å². The van der Waals surface area contributed by atoms with E-state index in [9.17, 15) is 26.4 Å². The van der Waals surface area contributed by atoms with Crippen molar-refractivity contribution >= 4 is 27.5 Å². The molecule has 2 unspecified atom stereocenters. The Kier molecular flexibility index (Phi) is 6.24. The van der Waals surface area contributed by atoms with E-state index in [0.29, 0.717) is 12.8 Å². The molecule has 0 bridgehead atoms. The normalized spacial score (nSPS) is 21.7. The highest BCUT2D eigenvalue weighted by atomic mass is 35.5. The van der Waals surface area contributed by atoms with Crippen LogP contribution in [0.2, 0.25) is 5.02 Å². The molecular formula is C16H20ClF3N2O3S. The van der Waals surface area contributed by atoms with Gasteiger partial charge in [0.1, 0.15) is 4.90 Å². The average molecular weight is 413 g/mol. The zero-order chi connectivity index (χ0) is 19.7. The topological polar surface area (TPSA) is 66.5 Å². The Morgan fingerprint density at radius 3 is 2.42 bits per heavy atom. The van der Waals surface area contributed by atoms with Crippen molar-refractivity contribution < 1.29 is 26.4 Å². The van der Waals surface area contributed by atoms with E-state index in [-0.39, 0.29) is 28.3 Å². The molecule has 1 aliphatic carbocycles. The van der Waals surface area contributed by atoms with E-state index in [4.69, 9.17) is 11.6 Å². The van der Waals surface area contributed by atoms with Crippen LogP contribution < -0.4 is 5.32 Å². The smallest absolute Gasteiger partial charge is 0.349 e. The first kappa shape index (κ1) is 21.0. The number of nitrogens with one attached hydrogen (secondary N) is 1. The largest absolute Gasteiger partial charge is 0.393 e. The lowest BCUT2D eigenvalue weighted by Gasteiger charge is -2.33. The fourth-order valence-corrected chi connectivity index (χ4v) is 4.38. The van der Waals surface area contributed by atoms with Gasteiger partial charge in [-0.25, -0.2) is 12.7 Å². The number of halogens is 4. The second-order valence-electron chi connectivity index (χ2n) is 6.45. The molecule has 1 fully saturated rings. The van der Waals surface area contributed by atoms with Crippen LogP contribution in [0.3, 0.4) is 0 Å². The summed E-state index contributed by atoms with van der Waals surface area (Å²) in [4.78, 5) is 12.1. The molecule has 0 aliphatic heterocycles. The number of hydrogen-bond acceptors (Lipinski definition) is 3. The number of benzene rings is 1. The average Bonchev–Trinajstić information content (AvgIpc) is 2.54. The Bertz CT molecular complexity index is 781. The zero-order valence-electron chi connectivity index (χ0n) is 14.3. The highest BCUT2D eigenvalue weighted by Crippen LogP contribution is 2.38. The van der Waals surface area contributed by atoms with E-state index in [1.165, 1.54) is 26.2 Å². The number of rotatable bonds is 4. The van der Waals surface area contributed by atoms with E-state index in [1.807, 2.05) is 0 Å². The highest BCUT2D eigenvalue weighted by Gasteiger charge is 2.46. The van der Waals surface area contributed by atoms with Crippen molar-refractivity contribution in [1.82, 2.24) is 9.62 Å². The van der Waals surface area contributed by atoms with Crippen LogP contribution in [0.15, 0.2) is 23.1 Å². The SMILES string of the molecule is CN(C)S(=O)(=O)c1cc(C(=O)NC2CCCCC2C(F)(F)F)ccc1Cl. The minimum absolute atomic E-state index is 0.0324. The number of hydrogen-bond donors (Lipinski definition) is 1. The van der Waals surface area contributed by atoms with Gasteiger partial charge in [-0.3, -0.25) is 4.79 Å². The van der Waals surface area contributed by atoms with E-state index in [1.54, 1.807) is 0 Å². The predicted octanol–water partition coefficient (Wildman–Crippen LogP) is 3.44. The molecule has 1 saturated carbocycles. The lowest BCUT2D eigenvalue weighted by molar-refractivity contribution is -0.187. The quantitative estimate of drug-likeness (QED) is 0.823. The summed E-state index contributed by atoms with van der Waals surface area (Å²) in [6, 6.07) is 2.59. The zero-order valence-corrected chi connectivity index (χ0v) is 15.9. The van der Waals surface area contributed by atoms with E-state index in [2.05, 4.69) is 5.32 Å². The van der Waals surface area contributed by atoms with Crippen molar-refractivity contribution in [2.45, 2.75) is 42.8 Å². The molecule has 1 aromatic carbocycles. The molecule has 0 spiro atoms. The summed E-state index contributed by atoms with van der Waals surface area (Å²) in [6.07, 6.45) is -3.14. The lowest BCUT2D eigenvalue weighted by Crippen LogP contribution is -2.47. The van der Waals surface area contributed by atoms with Gasteiger partial charge in [-0.2, -0.15) is 13.2 Å². The summed E-state index contributed by atoms with van der Waals surface area (Å²) < 4.78 is 64.9. The first-order valence-electron chi connectivity index (χ1n) is 8.04. The monoisotopic (exact) mass is 412 g/mol. The molecule has 2 atom stereocenters. The molecule has 0 saturated heterocycles. The first-order chi connectivity index (χ1) is 11.9. The van der Waals surface area contributed by atoms with Crippen LogP contribution in [-0.4, -0.2) is 44.9 Å². The number of alkyl halides is 3. The minimum atomic E-state index is -4.39. The van der Waals surface area contributed by atoms with Gasteiger partial charge in [-0.1, -0.05) is 24.4 Å². The molecule has 1 aliphatic rings. The van der Waals surface area contributed by atoms with Gasteiger partial charge in [0, 0.05) is 25.7 Å². The Labute approximate surface area is 155 Å². The lowest BCUT2D eigenvalue weighted by atomic mass is 9.84. The molecule has 1 amide bonds. The van der Waals surface area contributed by atoms with Crippen LogP contribution in [0, 0.1) is 5.92 Å². The number of carbonyl (C=O) groups excluding carboxylic acids is 1. The Morgan fingerprint density at radius 2 is 1.85 bits per heavy atom. The fourth-order valence-electron chi connectivity index (χ4n) is 2.99. The van der Waals surface area contributed by atoms with Gasteiger partial charge < -0.3 is 5.32 Å². The van der Waals surface area contributed by atoms with Crippen molar-refractivity contribution in [1.29, 1.82) is 0 Å². The second kappa shape index (κ2) is 7.74. The first-order valence-corrected chi connectivity index (χ1v) is 9.86. The maximum Gasteiger partial charge on any atom is 0.393 e. The maximum absolute atomic E-state index is 13.2. The van der Waals surface area contributed by atoms with Gasteiger partial charge in [0.05, 0.1) is 10.9 Å². The minimum Gasteiger partial charge on any atom is -0.349 e. The van der Waals surface area contributed by atoms with E-state index >= 15 is 0 Å². The number of carbonyl (C=O) groups is 1. The van der Waals surface area contributed by atoms with Crippen molar-refractivity contribution in [2.75, 3.05) is 14.1 Å². The van der Waals surface area contributed by atoms with Crippen LogP contribution in [0.5, 0.6) is 0 Å². The van der Waals surface area contributed by atoms with Crippen LogP contribution in [0.4, 0.5) is 13.2 Å². The highest BCUT2D eigenvalue weighted by molar-refractivity contribution is 7.89. The van der Waals surface area contributed by atoms with Crippen molar-refractivity contribution in [3.8, 4) is 0 Å². The standard InChI is InChI=1S/C16H20ClF3N2O3S/c1-22(2)26(24,25)14-9-10(7-8-12(14)17)15(23)21-13-6-4-3-5-11(13)16(18,19)20/h7-9,11,13H,3-6H2,1-2H3,(H,21,23). The molecule has 10 heteroatoms. The van der Waals surface area contributed by atoms with Crippen LogP contribution >= 0.6 is 11.6 Å². The number of sulfonamides is 1. The molecular weight excluding hydrogens is 393 g/mol. The van der Waals surface area contributed by atoms with Gasteiger partial charge in [0.15, 0.2) is 0 Å². The molecule has 26 heavy (non-hydrogen) atoms. The Morgan fingerprint density at radius 1 is 1.23 bits per heavy atom. The molecule has 0 aromatic heterocycles. The molecule has 0 radical (unpaired) electrons. The maximum atomic E-state index is 13.2. The van der Waals surface area contributed by atoms with Gasteiger partial charge in [-0.05, 0) is 31.0 Å². The second-order valence-corrected chi connectivity index (χ2v) is 8.97. The third kappa shape index (κ3) is 4.50.